The van der Waals surface area contributed by atoms with Gasteiger partial charge in [0.15, 0.2) is 0 Å². The summed E-state index contributed by atoms with van der Waals surface area (Å²) in [5.41, 5.74) is 0.701. The van der Waals surface area contributed by atoms with E-state index >= 15 is 0 Å². The first-order valence-corrected chi connectivity index (χ1v) is 7.14. The maximum absolute atomic E-state index is 5.93. The number of hydrogen-bond acceptors (Lipinski definition) is 5. The molecule has 1 aromatic heterocycles. The van der Waals surface area contributed by atoms with Crippen LogP contribution in [0.2, 0.25) is 10.0 Å². The van der Waals surface area contributed by atoms with Crippen molar-refractivity contribution in [3.63, 3.8) is 0 Å². The summed E-state index contributed by atoms with van der Waals surface area (Å²) in [5.74, 6) is 0.536. The second-order valence-electron chi connectivity index (χ2n) is 4.40. The average molecular weight is 315 g/mol. The Morgan fingerprint density at radius 1 is 1.20 bits per heavy atom. The lowest BCUT2D eigenvalue weighted by Gasteiger charge is -2.07. The van der Waals surface area contributed by atoms with Crippen molar-refractivity contribution in [1.29, 1.82) is 0 Å². The van der Waals surface area contributed by atoms with Crippen LogP contribution in [-0.4, -0.2) is 16.7 Å². The monoisotopic (exact) mass is 314 g/mol. The van der Waals surface area contributed by atoms with Crippen LogP contribution in [0.1, 0.15) is 32.2 Å². The average Bonchev–Trinajstić information content (AvgIpc) is 2.83. The summed E-state index contributed by atoms with van der Waals surface area (Å²) in [6.07, 6.45) is 1.05. The first kappa shape index (κ1) is 15.1. The Bertz CT molecular complexity index is 553. The van der Waals surface area contributed by atoms with E-state index in [1.54, 1.807) is 18.2 Å². The summed E-state index contributed by atoms with van der Waals surface area (Å²) in [6, 6.07) is 5.44. The van der Waals surface area contributed by atoms with Crippen molar-refractivity contribution < 1.29 is 4.42 Å². The van der Waals surface area contributed by atoms with Crippen molar-refractivity contribution >= 4 is 34.9 Å². The van der Waals surface area contributed by atoms with Gasteiger partial charge >= 0.3 is 6.01 Å². The third-order valence-corrected chi connectivity index (χ3v) is 3.06. The van der Waals surface area contributed by atoms with Gasteiger partial charge < -0.3 is 15.1 Å². The van der Waals surface area contributed by atoms with E-state index in [4.69, 9.17) is 27.6 Å². The van der Waals surface area contributed by atoms with E-state index in [1.807, 2.05) is 6.92 Å². The van der Waals surface area contributed by atoms with Gasteiger partial charge in [-0.1, -0.05) is 35.2 Å². The molecule has 1 heterocycles. The summed E-state index contributed by atoms with van der Waals surface area (Å²) < 4.78 is 5.54. The van der Waals surface area contributed by atoms with Gasteiger partial charge in [0.1, 0.15) is 0 Å². The number of rotatable bonds is 6. The van der Waals surface area contributed by atoms with Crippen molar-refractivity contribution in [1.82, 2.24) is 15.5 Å². The van der Waals surface area contributed by atoms with E-state index in [9.17, 15) is 0 Å². The maximum Gasteiger partial charge on any atom is 0.320 e. The van der Waals surface area contributed by atoms with Gasteiger partial charge in [-0.25, -0.2) is 0 Å². The van der Waals surface area contributed by atoms with Crippen molar-refractivity contribution in [3.05, 3.63) is 34.1 Å². The molecule has 2 rings (SSSR count). The number of aromatic nitrogens is 2. The molecule has 2 N–H and O–H groups in total. The summed E-state index contributed by atoms with van der Waals surface area (Å²) in [7, 11) is 0. The van der Waals surface area contributed by atoms with E-state index in [-0.39, 0.29) is 6.04 Å². The van der Waals surface area contributed by atoms with Gasteiger partial charge in [-0.3, -0.25) is 0 Å². The molecule has 0 saturated heterocycles. The Kier molecular flexibility index (Phi) is 5.23. The smallest absolute Gasteiger partial charge is 0.320 e. The standard InChI is InChI=1S/C13H16Cl2N4O/c1-3-4-16-8(2)12-18-19-13(20-12)17-11-6-9(14)5-10(15)7-11/h5-8,16H,3-4H2,1-2H3,(H,17,19). The molecule has 0 saturated carbocycles. The number of nitrogens with one attached hydrogen (secondary N) is 2. The highest BCUT2D eigenvalue weighted by Gasteiger charge is 2.13. The SMILES string of the molecule is CCCNC(C)c1nnc(Nc2cc(Cl)cc(Cl)c2)o1. The minimum atomic E-state index is 0.0148. The van der Waals surface area contributed by atoms with Crippen LogP contribution in [0.15, 0.2) is 22.6 Å². The fourth-order valence-electron chi connectivity index (χ4n) is 1.66. The molecule has 7 heteroatoms. The molecular formula is C13H16Cl2N4O. The molecule has 20 heavy (non-hydrogen) atoms. The summed E-state index contributed by atoms with van der Waals surface area (Å²) in [4.78, 5) is 0. The van der Waals surface area contributed by atoms with Crippen LogP contribution in [0.3, 0.4) is 0 Å². The number of halogens is 2. The Labute approximate surface area is 127 Å². The van der Waals surface area contributed by atoms with Gasteiger partial charge in [0, 0.05) is 15.7 Å². The molecule has 108 valence electrons. The van der Waals surface area contributed by atoms with Gasteiger partial charge in [0.25, 0.3) is 0 Å². The lowest BCUT2D eigenvalue weighted by molar-refractivity contribution is 0.424. The third-order valence-electron chi connectivity index (χ3n) is 2.63. The second kappa shape index (κ2) is 6.92. The zero-order valence-electron chi connectivity index (χ0n) is 11.3. The van der Waals surface area contributed by atoms with Crippen LogP contribution in [0.25, 0.3) is 0 Å². The van der Waals surface area contributed by atoms with Gasteiger partial charge in [0.2, 0.25) is 5.89 Å². The van der Waals surface area contributed by atoms with E-state index in [0.717, 1.165) is 13.0 Å². The van der Waals surface area contributed by atoms with Crippen molar-refractivity contribution in [2.24, 2.45) is 0 Å². The fraction of sp³-hybridized carbons (Fsp3) is 0.385. The largest absolute Gasteiger partial charge is 0.406 e. The number of anilines is 2. The van der Waals surface area contributed by atoms with Gasteiger partial charge in [0.05, 0.1) is 6.04 Å². The molecule has 0 radical (unpaired) electrons. The van der Waals surface area contributed by atoms with Crippen molar-refractivity contribution in [2.45, 2.75) is 26.3 Å². The zero-order valence-corrected chi connectivity index (χ0v) is 12.8. The molecule has 0 aliphatic heterocycles. The highest BCUT2D eigenvalue weighted by atomic mass is 35.5. The topological polar surface area (TPSA) is 63.0 Å². The van der Waals surface area contributed by atoms with E-state index in [2.05, 4.69) is 27.8 Å². The Morgan fingerprint density at radius 3 is 2.55 bits per heavy atom. The van der Waals surface area contributed by atoms with Crippen LogP contribution >= 0.6 is 23.2 Å². The molecule has 5 nitrogen and oxygen atoms in total. The molecular weight excluding hydrogens is 299 g/mol. The minimum Gasteiger partial charge on any atom is -0.406 e. The van der Waals surface area contributed by atoms with Crippen molar-refractivity contribution in [3.8, 4) is 0 Å². The summed E-state index contributed by atoms with van der Waals surface area (Å²) in [6.45, 7) is 4.98. The lowest BCUT2D eigenvalue weighted by atomic mass is 10.3. The van der Waals surface area contributed by atoms with Crippen LogP contribution < -0.4 is 10.6 Å². The molecule has 0 aliphatic carbocycles. The second-order valence-corrected chi connectivity index (χ2v) is 5.28. The Balaban J connectivity index is 2.05. The van der Waals surface area contributed by atoms with E-state index in [1.165, 1.54) is 0 Å². The van der Waals surface area contributed by atoms with Gasteiger partial charge in [-0.2, -0.15) is 0 Å². The molecule has 0 fully saturated rings. The first-order chi connectivity index (χ1) is 9.58. The molecule has 1 unspecified atom stereocenters. The molecule has 1 aromatic carbocycles. The Hall–Kier alpha value is -1.30. The number of nitrogens with zero attached hydrogens (tertiary/aromatic N) is 2. The zero-order chi connectivity index (χ0) is 14.5. The highest BCUT2D eigenvalue weighted by molar-refractivity contribution is 6.35. The normalized spacial score (nSPS) is 12.4. The lowest BCUT2D eigenvalue weighted by Crippen LogP contribution is -2.19. The number of benzene rings is 1. The quantitative estimate of drug-likeness (QED) is 0.837. The summed E-state index contributed by atoms with van der Waals surface area (Å²) in [5, 5.41) is 15.3. The Morgan fingerprint density at radius 2 is 1.90 bits per heavy atom. The van der Waals surface area contributed by atoms with E-state index < -0.39 is 0 Å². The van der Waals surface area contributed by atoms with Gasteiger partial charge in [-0.05, 0) is 38.1 Å². The molecule has 0 amide bonds. The van der Waals surface area contributed by atoms with E-state index in [0.29, 0.717) is 27.6 Å². The van der Waals surface area contributed by atoms with Crippen molar-refractivity contribution in [2.75, 3.05) is 11.9 Å². The third kappa shape index (κ3) is 4.10. The first-order valence-electron chi connectivity index (χ1n) is 6.38. The predicted octanol–water partition coefficient (Wildman–Crippen LogP) is 4.18. The molecule has 0 bridgehead atoms. The highest BCUT2D eigenvalue weighted by Crippen LogP contribution is 2.25. The van der Waals surface area contributed by atoms with Gasteiger partial charge in [-0.15, -0.1) is 5.10 Å². The van der Waals surface area contributed by atoms with Crippen LogP contribution in [0.5, 0.6) is 0 Å². The van der Waals surface area contributed by atoms with Crippen LogP contribution in [-0.2, 0) is 0 Å². The molecule has 2 aromatic rings. The molecule has 1 atom stereocenters. The number of hydrogen-bond donors (Lipinski definition) is 2. The predicted molar refractivity (Wildman–Crippen MR) is 80.8 cm³/mol. The molecule has 0 spiro atoms. The summed E-state index contributed by atoms with van der Waals surface area (Å²) >= 11 is 11.9. The maximum atomic E-state index is 5.93. The molecule has 0 aliphatic rings. The van der Waals surface area contributed by atoms with Crippen LogP contribution in [0, 0.1) is 0 Å². The minimum absolute atomic E-state index is 0.0148. The fourth-order valence-corrected chi connectivity index (χ4v) is 2.18. The van der Waals surface area contributed by atoms with Crippen LogP contribution in [0.4, 0.5) is 11.7 Å².